The summed E-state index contributed by atoms with van der Waals surface area (Å²) in [6.07, 6.45) is 1.08. The van der Waals surface area contributed by atoms with Crippen LogP contribution in [0, 0.1) is 0 Å². The average molecular weight is 420 g/mol. The Morgan fingerprint density at radius 2 is 1.61 bits per heavy atom. The standard InChI is InChI=1S/C23H24N4O4/c1-31-17-9-6-16(7-10-17)8-11-20(28)26-12-14-27(15-13-26)23(30)21-18-4-2-3-5-19(18)22(29)25-24-21/h2-7,9-10H,8,11-15H2,1H3,(H,25,29). The van der Waals surface area contributed by atoms with Crippen molar-refractivity contribution in [2.45, 2.75) is 12.8 Å². The van der Waals surface area contributed by atoms with Gasteiger partial charge >= 0.3 is 0 Å². The maximum absolute atomic E-state index is 13.0. The molecule has 1 fully saturated rings. The van der Waals surface area contributed by atoms with E-state index in [1.165, 1.54) is 0 Å². The molecule has 2 heterocycles. The van der Waals surface area contributed by atoms with Gasteiger partial charge in [0, 0.05) is 38.0 Å². The zero-order chi connectivity index (χ0) is 21.8. The molecule has 1 N–H and O–H groups in total. The number of fused-ring (bicyclic) bond motifs is 1. The molecule has 1 aliphatic heterocycles. The van der Waals surface area contributed by atoms with Crippen molar-refractivity contribution in [3.05, 3.63) is 70.1 Å². The minimum atomic E-state index is -0.320. The van der Waals surface area contributed by atoms with Crippen molar-refractivity contribution in [3.63, 3.8) is 0 Å². The smallest absolute Gasteiger partial charge is 0.275 e. The molecule has 0 bridgehead atoms. The summed E-state index contributed by atoms with van der Waals surface area (Å²) in [5.41, 5.74) is 0.993. The van der Waals surface area contributed by atoms with E-state index < -0.39 is 0 Å². The normalized spacial score (nSPS) is 14.0. The number of amides is 2. The molecular weight excluding hydrogens is 396 g/mol. The Morgan fingerprint density at radius 1 is 0.968 bits per heavy atom. The van der Waals surface area contributed by atoms with Crippen LogP contribution in [-0.2, 0) is 11.2 Å². The van der Waals surface area contributed by atoms with Crippen LogP contribution in [0.4, 0.5) is 0 Å². The number of piperazine rings is 1. The van der Waals surface area contributed by atoms with E-state index in [9.17, 15) is 14.4 Å². The maximum Gasteiger partial charge on any atom is 0.275 e. The summed E-state index contributed by atoms with van der Waals surface area (Å²) >= 11 is 0. The van der Waals surface area contributed by atoms with Gasteiger partial charge in [0.15, 0.2) is 5.69 Å². The minimum Gasteiger partial charge on any atom is -0.497 e. The lowest BCUT2D eigenvalue weighted by atomic mass is 10.1. The predicted octanol–water partition coefficient (Wildman–Crippen LogP) is 1.85. The molecule has 8 nitrogen and oxygen atoms in total. The summed E-state index contributed by atoms with van der Waals surface area (Å²) in [4.78, 5) is 41.0. The van der Waals surface area contributed by atoms with Crippen molar-refractivity contribution in [3.8, 4) is 5.75 Å². The van der Waals surface area contributed by atoms with Crippen LogP contribution in [0.2, 0.25) is 0 Å². The number of carbonyl (C=O) groups excluding carboxylic acids is 2. The number of H-pyrrole nitrogens is 1. The molecule has 8 heteroatoms. The number of hydrogen-bond acceptors (Lipinski definition) is 5. The van der Waals surface area contributed by atoms with Crippen molar-refractivity contribution in [1.82, 2.24) is 20.0 Å². The van der Waals surface area contributed by atoms with Crippen LogP contribution >= 0.6 is 0 Å². The Labute approximate surface area is 179 Å². The first-order chi connectivity index (χ1) is 15.1. The van der Waals surface area contributed by atoms with Crippen molar-refractivity contribution >= 4 is 22.6 Å². The van der Waals surface area contributed by atoms with Gasteiger partial charge in [0.1, 0.15) is 5.75 Å². The molecule has 160 valence electrons. The number of aromatic amines is 1. The van der Waals surface area contributed by atoms with E-state index in [-0.39, 0.29) is 23.1 Å². The first-order valence-electron chi connectivity index (χ1n) is 10.2. The average Bonchev–Trinajstić information content (AvgIpc) is 2.83. The predicted molar refractivity (Wildman–Crippen MR) is 116 cm³/mol. The van der Waals surface area contributed by atoms with E-state index in [0.717, 1.165) is 11.3 Å². The van der Waals surface area contributed by atoms with Gasteiger partial charge in [0.05, 0.1) is 12.5 Å². The number of hydrogen-bond donors (Lipinski definition) is 1. The van der Waals surface area contributed by atoms with Crippen LogP contribution in [0.25, 0.3) is 10.8 Å². The Bertz CT molecular complexity index is 1150. The molecule has 3 aromatic rings. The second-order valence-corrected chi connectivity index (χ2v) is 7.47. The highest BCUT2D eigenvalue weighted by molar-refractivity contribution is 6.04. The minimum absolute atomic E-state index is 0.0792. The van der Waals surface area contributed by atoms with Crippen molar-refractivity contribution < 1.29 is 14.3 Å². The molecule has 0 radical (unpaired) electrons. The zero-order valence-corrected chi connectivity index (χ0v) is 17.3. The number of ether oxygens (including phenoxy) is 1. The zero-order valence-electron chi connectivity index (χ0n) is 17.3. The molecule has 2 amide bonds. The third kappa shape index (κ3) is 4.42. The summed E-state index contributed by atoms with van der Waals surface area (Å²) in [7, 11) is 1.62. The van der Waals surface area contributed by atoms with Crippen molar-refractivity contribution in [1.29, 1.82) is 0 Å². The monoisotopic (exact) mass is 420 g/mol. The molecule has 1 saturated heterocycles. The van der Waals surface area contributed by atoms with Gasteiger partial charge in [0.25, 0.3) is 11.5 Å². The third-order valence-corrected chi connectivity index (χ3v) is 5.60. The van der Waals surface area contributed by atoms with Crippen LogP contribution in [0.15, 0.2) is 53.3 Å². The maximum atomic E-state index is 13.0. The van der Waals surface area contributed by atoms with E-state index in [2.05, 4.69) is 10.2 Å². The van der Waals surface area contributed by atoms with Crippen molar-refractivity contribution in [2.75, 3.05) is 33.3 Å². The Kier molecular flexibility index (Phi) is 5.97. The Hall–Kier alpha value is -3.68. The molecule has 31 heavy (non-hydrogen) atoms. The summed E-state index contributed by atoms with van der Waals surface area (Å²) in [5, 5.41) is 7.37. The fourth-order valence-electron chi connectivity index (χ4n) is 3.79. The number of aromatic nitrogens is 2. The SMILES string of the molecule is COc1ccc(CCC(=O)N2CCN(C(=O)c3n[nH]c(=O)c4ccccc34)CC2)cc1. The largest absolute Gasteiger partial charge is 0.497 e. The lowest BCUT2D eigenvalue weighted by molar-refractivity contribution is -0.132. The quantitative estimate of drug-likeness (QED) is 0.680. The molecule has 0 aliphatic carbocycles. The van der Waals surface area contributed by atoms with E-state index >= 15 is 0 Å². The number of carbonyl (C=O) groups is 2. The topological polar surface area (TPSA) is 95.6 Å². The van der Waals surface area contributed by atoms with Crippen LogP contribution in [0.1, 0.15) is 22.5 Å². The molecule has 1 aromatic heterocycles. The second-order valence-electron chi connectivity index (χ2n) is 7.47. The van der Waals surface area contributed by atoms with Gasteiger partial charge in [-0.25, -0.2) is 5.10 Å². The van der Waals surface area contributed by atoms with Crippen molar-refractivity contribution in [2.24, 2.45) is 0 Å². The molecule has 0 saturated carbocycles. The van der Waals surface area contributed by atoms with Gasteiger partial charge in [-0.1, -0.05) is 30.3 Å². The first-order valence-corrected chi connectivity index (χ1v) is 10.2. The van der Waals surface area contributed by atoms with E-state index in [4.69, 9.17) is 4.74 Å². The van der Waals surface area contributed by atoms with E-state index in [1.54, 1.807) is 41.2 Å². The number of nitrogens with one attached hydrogen (secondary N) is 1. The number of aryl methyl sites for hydroxylation is 1. The van der Waals surface area contributed by atoms with Crippen LogP contribution in [0.5, 0.6) is 5.75 Å². The molecular formula is C23H24N4O4. The first kappa shape index (κ1) is 20.6. The summed E-state index contributed by atoms with van der Waals surface area (Å²) in [6.45, 7) is 1.83. The van der Waals surface area contributed by atoms with Gasteiger partial charge < -0.3 is 14.5 Å². The lowest BCUT2D eigenvalue weighted by Crippen LogP contribution is -2.50. The molecule has 1 aliphatic rings. The van der Waals surface area contributed by atoms with Crippen LogP contribution in [0.3, 0.4) is 0 Å². The molecule has 0 atom stereocenters. The number of rotatable bonds is 5. The van der Waals surface area contributed by atoms with E-state index in [1.807, 2.05) is 24.3 Å². The number of methoxy groups -OCH3 is 1. The highest BCUT2D eigenvalue weighted by atomic mass is 16.5. The number of nitrogens with zero attached hydrogens (tertiary/aromatic N) is 3. The fourth-order valence-corrected chi connectivity index (χ4v) is 3.79. The van der Waals surface area contributed by atoms with Gasteiger partial charge in [-0.2, -0.15) is 5.10 Å². The molecule has 0 spiro atoms. The summed E-state index contributed by atoms with van der Waals surface area (Å²) in [6, 6.07) is 14.6. The Morgan fingerprint density at radius 3 is 2.29 bits per heavy atom. The lowest BCUT2D eigenvalue weighted by Gasteiger charge is -2.34. The summed E-state index contributed by atoms with van der Waals surface area (Å²) in [5.74, 6) is 0.633. The molecule has 0 unspecified atom stereocenters. The molecule has 2 aromatic carbocycles. The third-order valence-electron chi connectivity index (χ3n) is 5.60. The summed E-state index contributed by atoms with van der Waals surface area (Å²) < 4.78 is 5.15. The van der Waals surface area contributed by atoms with Gasteiger partial charge in [-0.3, -0.25) is 14.4 Å². The second kappa shape index (κ2) is 8.99. The van der Waals surface area contributed by atoms with Crippen LogP contribution in [-0.4, -0.2) is 65.1 Å². The Balaban J connectivity index is 1.35. The van der Waals surface area contributed by atoms with Crippen LogP contribution < -0.4 is 10.3 Å². The van der Waals surface area contributed by atoms with Gasteiger partial charge in [-0.05, 0) is 30.2 Å². The highest BCUT2D eigenvalue weighted by Gasteiger charge is 2.26. The fraction of sp³-hybridized carbons (Fsp3) is 0.304. The van der Waals surface area contributed by atoms with E-state index in [0.29, 0.717) is 49.8 Å². The number of benzene rings is 2. The highest BCUT2D eigenvalue weighted by Crippen LogP contribution is 2.17. The van der Waals surface area contributed by atoms with Gasteiger partial charge in [0.2, 0.25) is 5.91 Å². The van der Waals surface area contributed by atoms with Gasteiger partial charge in [-0.15, -0.1) is 0 Å². The molecule has 4 rings (SSSR count).